The Morgan fingerprint density at radius 1 is 1.19 bits per heavy atom. The fourth-order valence-electron chi connectivity index (χ4n) is 2.71. The predicted octanol–water partition coefficient (Wildman–Crippen LogP) is 3.24. The molecule has 4 heteroatoms. The van der Waals surface area contributed by atoms with Gasteiger partial charge in [-0.15, -0.1) is 0 Å². The Bertz CT molecular complexity index is 411. The fourth-order valence-corrected chi connectivity index (χ4v) is 2.71. The normalized spacial score (nSPS) is 24.5. The Morgan fingerprint density at radius 2 is 1.86 bits per heavy atom. The summed E-state index contributed by atoms with van der Waals surface area (Å²) in [5, 5.41) is 0. The molecule has 4 nitrogen and oxygen atoms in total. The van der Waals surface area contributed by atoms with Gasteiger partial charge >= 0.3 is 5.97 Å². The number of ether oxygens (including phenoxy) is 1. The maximum atomic E-state index is 12.2. The van der Waals surface area contributed by atoms with E-state index in [2.05, 4.69) is 6.58 Å². The van der Waals surface area contributed by atoms with E-state index in [9.17, 15) is 14.4 Å². The first-order valence-corrected chi connectivity index (χ1v) is 7.86. The lowest BCUT2D eigenvalue weighted by atomic mass is 9.84. The summed E-state index contributed by atoms with van der Waals surface area (Å²) in [7, 11) is 0. The SMILES string of the molecule is C=C(C[C@@H]1CCC[C@H](C)C(=O)CCCC1=O)C(=O)OCC. The zero-order valence-corrected chi connectivity index (χ0v) is 13.2. The maximum absolute atomic E-state index is 12.2. The number of carbonyl (C=O) groups is 3. The molecule has 0 aromatic heterocycles. The number of carbonyl (C=O) groups excluding carboxylic acids is 3. The third-order valence-corrected chi connectivity index (χ3v) is 4.10. The van der Waals surface area contributed by atoms with Crippen LogP contribution in [0.3, 0.4) is 0 Å². The average Bonchev–Trinajstić information content (AvgIpc) is 2.44. The van der Waals surface area contributed by atoms with Crippen molar-refractivity contribution in [2.24, 2.45) is 11.8 Å². The van der Waals surface area contributed by atoms with Crippen molar-refractivity contribution in [3.8, 4) is 0 Å². The minimum Gasteiger partial charge on any atom is -0.463 e. The molecule has 1 rings (SSSR count). The van der Waals surface area contributed by atoms with Crippen molar-refractivity contribution in [2.75, 3.05) is 6.61 Å². The van der Waals surface area contributed by atoms with Gasteiger partial charge in [-0.05, 0) is 32.6 Å². The molecule has 0 radical (unpaired) electrons. The van der Waals surface area contributed by atoms with E-state index >= 15 is 0 Å². The summed E-state index contributed by atoms with van der Waals surface area (Å²) in [6.07, 6.45) is 4.25. The first kappa shape index (κ1) is 17.6. The summed E-state index contributed by atoms with van der Waals surface area (Å²) in [5.74, 6) is -0.0969. The Kier molecular flexibility index (Phi) is 7.34. The number of rotatable bonds is 4. The van der Waals surface area contributed by atoms with Crippen molar-refractivity contribution in [3.63, 3.8) is 0 Å². The van der Waals surface area contributed by atoms with Gasteiger partial charge in [0.25, 0.3) is 0 Å². The van der Waals surface area contributed by atoms with Gasteiger partial charge in [-0.3, -0.25) is 9.59 Å². The maximum Gasteiger partial charge on any atom is 0.333 e. The van der Waals surface area contributed by atoms with Crippen LogP contribution in [0.4, 0.5) is 0 Å². The molecule has 1 aliphatic carbocycles. The van der Waals surface area contributed by atoms with Gasteiger partial charge in [0.05, 0.1) is 6.61 Å². The van der Waals surface area contributed by atoms with Crippen LogP contribution in [-0.4, -0.2) is 24.1 Å². The highest BCUT2D eigenvalue weighted by Crippen LogP contribution is 2.25. The van der Waals surface area contributed by atoms with Crippen molar-refractivity contribution in [1.29, 1.82) is 0 Å². The summed E-state index contributed by atoms with van der Waals surface area (Å²) in [6.45, 7) is 7.76. The predicted molar refractivity (Wildman–Crippen MR) is 80.8 cm³/mol. The molecule has 0 saturated heterocycles. The van der Waals surface area contributed by atoms with Crippen molar-refractivity contribution in [1.82, 2.24) is 0 Å². The van der Waals surface area contributed by atoms with E-state index in [-0.39, 0.29) is 23.4 Å². The lowest BCUT2D eigenvalue weighted by Gasteiger charge is -2.19. The summed E-state index contributed by atoms with van der Waals surface area (Å²) >= 11 is 0. The molecule has 2 atom stereocenters. The quantitative estimate of drug-likeness (QED) is 0.590. The molecular weight excluding hydrogens is 268 g/mol. The number of esters is 1. The molecule has 118 valence electrons. The van der Waals surface area contributed by atoms with Gasteiger partial charge in [0.15, 0.2) is 0 Å². The highest BCUT2D eigenvalue weighted by molar-refractivity contribution is 5.90. The summed E-state index contributed by atoms with van der Waals surface area (Å²) in [6, 6.07) is 0. The Morgan fingerprint density at radius 3 is 2.52 bits per heavy atom. The second-order valence-electron chi connectivity index (χ2n) is 5.84. The van der Waals surface area contributed by atoms with E-state index in [4.69, 9.17) is 4.74 Å². The van der Waals surface area contributed by atoms with Crippen LogP contribution in [0.1, 0.15) is 58.8 Å². The second kappa shape index (κ2) is 8.75. The molecule has 0 heterocycles. The number of hydrogen-bond donors (Lipinski definition) is 0. The third-order valence-electron chi connectivity index (χ3n) is 4.10. The topological polar surface area (TPSA) is 60.4 Å². The molecular formula is C17H26O4. The van der Waals surface area contributed by atoms with Crippen LogP contribution in [-0.2, 0) is 19.1 Å². The highest BCUT2D eigenvalue weighted by Gasteiger charge is 2.24. The van der Waals surface area contributed by atoms with Crippen LogP contribution in [0.25, 0.3) is 0 Å². The lowest BCUT2D eigenvalue weighted by molar-refractivity contribution is -0.138. The largest absolute Gasteiger partial charge is 0.463 e. The van der Waals surface area contributed by atoms with E-state index in [1.807, 2.05) is 6.92 Å². The fraction of sp³-hybridized carbons (Fsp3) is 0.706. The zero-order valence-electron chi connectivity index (χ0n) is 13.2. The first-order chi connectivity index (χ1) is 9.95. The molecule has 0 spiro atoms. The molecule has 1 saturated carbocycles. The minimum absolute atomic E-state index is 0.0760. The Labute approximate surface area is 126 Å². The summed E-state index contributed by atoms with van der Waals surface area (Å²) in [5.41, 5.74) is 0.372. The molecule has 0 aromatic rings. The van der Waals surface area contributed by atoms with Crippen LogP contribution in [0.5, 0.6) is 0 Å². The van der Waals surface area contributed by atoms with Crippen LogP contribution in [0.2, 0.25) is 0 Å². The van der Waals surface area contributed by atoms with Crippen molar-refractivity contribution < 1.29 is 19.1 Å². The average molecular weight is 294 g/mol. The van der Waals surface area contributed by atoms with Gasteiger partial charge in [0.1, 0.15) is 11.6 Å². The van der Waals surface area contributed by atoms with Crippen LogP contribution >= 0.6 is 0 Å². The molecule has 0 aromatic carbocycles. The smallest absolute Gasteiger partial charge is 0.333 e. The minimum atomic E-state index is -0.411. The summed E-state index contributed by atoms with van der Waals surface area (Å²) in [4.78, 5) is 35.6. The van der Waals surface area contributed by atoms with Gasteiger partial charge in [0.2, 0.25) is 0 Å². The van der Waals surface area contributed by atoms with E-state index < -0.39 is 5.97 Å². The standard InChI is InChI=1S/C17H26O4/c1-4-21-17(20)13(3)11-14-8-5-7-12(2)15(18)9-6-10-16(14)19/h12,14H,3-11H2,1-2H3/t12-,14-/m0/s1. The number of Topliss-reactive ketones (excluding diaryl/α,β-unsaturated/α-hetero) is 2. The Balaban J connectivity index is 2.62. The van der Waals surface area contributed by atoms with Gasteiger partial charge in [-0.2, -0.15) is 0 Å². The zero-order chi connectivity index (χ0) is 15.8. The molecule has 0 unspecified atom stereocenters. The first-order valence-electron chi connectivity index (χ1n) is 7.86. The molecule has 21 heavy (non-hydrogen) atoms. The molecule has 0 bridgehead atoms. The molecule has 0 N–H and O–H groups in total. The van der Waals surface area contributed by atoms with Gasteiger partial charge < -0.3 is 4.74 Å². The van der Waals surface area contributed by atoms with E-state index in [0.717, 1.165) is 19.3 Å². The van der Waals surface area contributed by atoms with Crippen molar-refractivity contribution in [3.05, 3.63) is 12.2 Å². The molecule has 1 fully saturated rings. The molecule has 1 aliphatic rings. The second-order valence-corrected chi connectivity index (χ2v) is 5.84. The lowest BCUT2D eigenvalue weighted by Crippen LogP contribution is -2.21. The van der Waals surface area contributed by atoms with Crippen molar-refractivity contribution >= 4 is 17.5 Å². The van der Waals surface area contributed by atoms with Gasteiger partial charge in [-0.1, -0.05) is 19.9 Å². The van der Waals surface area contributed by atoms with Crippen LogP contribution in [0, 0.1) is 11.8 Å². The molecule has 0 aliphatic heterocycles. The number of ketones is 2. The highest BCUT2D eigenvalue weighted by atomic mass is 16.5. The molecule has 0 amide bonds. The summed E-state index contributed by atoms with van der Waals surface area (Å²) < 4.78 is 4.92. The third kappa shape index (κ3) is 5.82. The monoisotopic (exact) mass is 294 g/mol. The Hall–Kier alpha value is -1.45. The van der Waals surface area contributed by atoms with E-state index in [1.165, 1.54) is 0 Å². The van der Waals surface area contributed by atoms with E-state index in [0.29, 0.717) is 37.9 Å². The van der Waals surface area contributed by atoms with Crippen molar-refractivity contribution in [2.45, 2.75) is 58.8 Å². The number of hydrogen-bond acceptors (Lipinski definition) is 4. The van der Waals surface area contributed by atoms with Crippen LogP contribution in [0.15, 0.2) is 12.2 Å². The van der Waals surface area contributed by atoms with Gasteiger partial charge in [-0.25, -0.2) is 4.79 Å². The van der Waals surface area contributed by atoms with Crippen LogP contribution < -0.4 is 0 Å². The van der Waals surface area contributed by atoms with Gasteiger partial charge in [0, 0.05) is 30.3 Å². The van der Waals surface area contributed by atoms with E-state index in [1.54, 1.807) is 6.92 Å².